The van der Waals surface area contributed by atoms with Crippen LogP contribution in [0.15, 0.2) is 15.8 Å². The van der Waals surface area contributed by atoms with Gasteiger partial charge in [-0.1, -0.05) is 0 Å². The molecule has 1 aliphatic rings. The second-order valence-electron chi connectivity index (χ2n) is 4.95. The van der Waals surface area contributed by atoms with Crippen molar-refractivity contribution >= 4 is 5.97 Å². The van der Waals surface area contributed by atoms with Crippen molar-refractivity contribution in [1.29, 1.82) is 0 Å². The van der Waals surface area contributed by atoms with Crippen LogP contribution in [0.25, 0.3) is 0 Å². The fourth-order valence-corrected chi connectivity index (χ4v) is 2.00. The Hall–Kier alpha value is -2.14. The molecule has 0 radical (unpaired) electrons. The standard InChI is InChI=1S/C12H14F3N3O5/c1-6-4-18(11(21)17-9(6)19)8-3-16-2-7(23-8)5-22-10(20)12(13,14)15/h4,7-8,16H,2-3,5H2,1H3,(H,17,19,21). The topological polar surface area (TPSA) is 102 Å². The number of aromatic amines is 1. The molecule has 1 fully saturated rings. The Labute approximate surface area is 127 Å². The van der Waals surface area contributed by atoms with E-state index in [4.69, 9.17) is 4.74 Å². The van der Waals surface area contributed by atoms with E-state index in [0.29, 0.717) is 0 Å². The Morgan fingerprint density at radius 2 is 2.13 bits per heavy atom. The Kier molecular flexibility index (Phi) is 4.90. The molecule has 2 rings (SSSR count). The molecule has 8 nitrogen and oxygen atoms in total. The average molecular weight is 337 g/mol. The van der Waals surface area contributed by atoms with Gasteiger partial charge in [0.25, 0.3) is 5.56 Å². The lowest BCUT2D eigenvalue weighted by Gasteiger charge is -2.31. The van der Waals surface area contributed by atoms with Gasteiger partial charge in [0.1, 0.15) is 12.7 Å². The number of nitrogens with zero attached hydrogens (tertiary/aromatic N) is 1. The van der Waals surface area contributed by atoms with Gasteiger partial charge in [-0.2, -0.15) is 13.2 Å². The Bertz CT molecular complexity index is 696. The summed E-state index contributed by atoms with van der Waals surface area (Å²) >= 11 is 0. The van der Waals surface area contributed by atoms with E-state index in [1.165, 1.54) is 13.1 Å². The van der Waals surface area contributed by atoms with Gasteiger partial charge < -0.3 is 14.8 Å². The number of carbonyl (C=O) groups is 1. The molecule has 0 aromatic carbocycles. The highest BCUT2D eigenvalue weighted by Gasteiger charge is 2.41. The number of nitrogens with one attached hydrogen (secondary N) is 2. The van der Waals surface area contributed by atoms with Crippen molar-refractivity contribution in [2.75, 3.05) is 19.7 Å². The summed E-state index contributed by atoms with van der Waals surface area (Å²) in [5.74, 6) is -2.31. The molecule has 1 aliphatic heterocycles. The van der Waals surface area contributed by atoms with E-state index in [2.05, 4.69) is 15.0 Å². The Balaban J connectivity index is 2.04. The summed E-state index contributed by atoms with van der Waals surface area (Å²) in [6.45, 7) is 1.24. The first-order valence-electron chi connectivity index (χ1n) is 6.60. The van der Waals surface area contributed by atoms with Gasteiger partial charge in [-0.3, -0.25) is 14.3 Å². The zero-order chi connectivity index (χ0) is 17.2. The molecule has 1 aromatic heterocycles. The minimum absolute atomic E-state index is 0.152. The summed E-state index contributed by atoms with van der Waals surface area (Å²) < 4.78 is 46.9. The first-order chi connectivity index (χ1) is 10.7. The number of carbonyl (C=O) groups excluding carboxylic acids is 1. The Morgan fingerprint density at radius 3 is 2.78 bits per heavy atom. The second kappa shape index (κ2) is 6.54. The highest BCUT2D eigenvalue weighted by molar-refractivity contribution is 5.75. The van der Waals surface area contributed by atoms with Crippen LogP contribution in [0.5, 0.6) is 0 Å². The molecular formula is C12H14F3N3O5. The SMILES string of the molecule is Cc1cn(C2CNCC(COC(=O)C(F)(F)F)O2)c(=O)[nH]c1=O. The van der Waals surface area contributed by atoms with Crippen LogP contribution in [0, 0.1) is 6.92 Å². The van der Waals surface area contributed by atoms with Crippen LogP contribution < -0.4 is 16.6 Å². The maximum atomic E-state index is 12.1. The van der Waals surface area contributed by atoms with Gasteiger partial charge in [-0.25, -0.2) is 9.59 Å². The van der Waals surface area contributed by atoms with Crippen molar-refractivity contribution < 1.29 is 27.4 Å². The molecule has 2 atom stereocenters. The number of rotatable bonds is 3. The van der Waals surface area contributed by atoms with E-state index in [1.54, 1.807) is 0 Å². The van der Waals surface area contributed by atoms with Gasteiger partial charge in [0.05, 0.1) is 0 Å². The summed E-state index contributed by atoms with van der Waals surface area (Å²) in [7, 11) is 0. The summed E-state index contributed by atoms with van der Waals surface area (Å²) in [6, 6.07) is 0. The van der Waals surface area contributed by atoms with Crippen LogP contribution in [0.3, 0.4) is 0 Å². The summed E-state index contributed by atoms with van der Waals surface area (Å²) in [6.07, 6.45) is -5.49. The highest BCUT2D eigenvalue weighted by Crippen LogP contribution is 2.18. The van der Waals surface area contributed by atoms with Gasteiger partial charge >= 0.3 is 17.8 Å². The number of hydrogen-bond donors (Lipinski definition) is 2. The van der Waals surface area contributed by atoms with Crippen LogP contribution in [-0.4, -0.2) is 47.5 Å². The van der Waals surface area contributed by atoms with Crippen molar-refractivity contribution in [3.63, 3.8) is 0 Å². The predicted octanol–water partition coefficient (Wildman–Crippen LogP) is -0.562. The quantitative estimate of drug-likeness (QED) is 0.717. The van der Waals surface area contributed by atoms with Gasteiger partial charge in [-0.15, -0.1) is 0 Å². The normalized spacial score (nSPS) is 21.9. The van der Waals surface area contributed by atoms with E-state index >= 15 is 0 Å². The van der Waals surface area contributed by atoms with E-state index in [9.17, 15) is 27.6 Å². The van der Waals surface area contributed by atoms with Crippen molar-refractivity contribution in [3.05, 3.63) is 32.6 Å². The van der Waals surface area contributed by atoms with Crippen LogP contribution in [-0.2, 0) is 14.3 Å². The number of alkyl halides is 3. The first-order valence-corrected chi connectivity index (χ1v) is 6.60. The van der Waals surface area contributed by atoms with Crippen LogP contribution in [0.2, 0.25) is 0 Å². The van der Waals surface area contributed by atoms with E-state index < -0.39 is 42.3 Å². The van der Waals surface area contributed by atoms with E-state index in [-0.39, 0.29) is 18.7 Å². The number of hydrogen-bond acceptors (Lipinski definition) is 6. The number of aryl methyl sites for hydroxylation is 1. The molecule has 0 spiro atoms. The van der Waals surface area contributed by atoms with Crippen molar-refractivity contribution in [1.82, 2.24) is 14.9 Å². The fraction of sp³-hybridized carbons (Fsp3) is 0.583. The zero-order valence-corrected chi connectivity index (χ0v) is 12.0. The molecule has 1 aromatic rings. The summed E-state index contributed by atoms with van der Waals surface area (Å²) in [4.78, 5) is 35.9. The minimum atomic E-state index is -5.07. The van der Waals surface area contributed by atoms with Gasteiger partial charge in [0.2, 0.25) is 0 Å². The van der Waals surface area contributed by atoms with Crippen molar-refractivity contribution in [2.45, 2.75) is 25.4 Å². The van der Waals surface area contributed by atoms with Gasteiger partial charge in [0, 0.05) is 24.8 Å². The Morgan fingerprint density at radius 1 is 1.43 bits per heavy atom. The number of esters is 1. The molecule has 1 saturated heterocycles. The predicted molar refractivity (Wildman–Crippen MR) is 69.9 cm³/mol. The minimum Gasteiger partial charge on any atom is -0.456 e. The monoisotopic (exact) mass is 337 g/mol. The number of aromatic nitrogens is 2. The smallest absolute Gasteiger partial charge is 0.456 e. The number of morpholine rings is 1. The average Bonchev–Trinajstić information content (AvgIpc) is 2.47. The fourth-order valence-electron chi connectivity index (χ4n) is 2.00. The molecule has 2 N–H and O–H groups in total. The van der Waals surface area contributed by atoms with E-state index in [0.717, 1.165) is 4.57 Å². The molecule has 0 aliphatic carbocycles. The van der Waals surface area contributed by atoms with Crippen LogP contribution >= 0.6 is 0 Å². The molecule has 2 unspecified atom stereocenters. The van der Waals surface area contributed by atoms with Gasteiger partial charge in [-0.05, 0) is 6.92 Å². The molecule has 0 bridgehead atoms. The molecule has 128 valence electrons. The lowest BCUT2D eigenvalue weighted by molar-refractivity contribution is -0.205. The summed E-state index contributed by atoms with van der Waals surface area (Å²) in [5, 5.41) is 2.86. The number of H-pyrrole nitrogens is 1. The van der Waals surface area contributed by atoms with Crippen molar-refractivity contribution in [3.8, 4) is 0 Å². The van der Waals surface area contributed by atoms with Crippen LogP contribution in [0.1, 0.15) is 11.8 Å². The largest absolute Gasteiger partial charge is 0.490 e. The summed E-state index contributed by atoms with van der Waals surface area (Å²) in [5.41, 5.74) is -0.968. The molecule has 0 amide bonds. The number of halogens is 3. The molecule has 0 saturated carbocycles. The molecular weight excluding hydrogens is 323 g/mol. The second-order valence-corrected chi connectivity index (χ2v) is 4.95. The molecule has 23 heavy (non-hydrogen) atoms. The molecule has 2 heterocycles. The third kappa shape index (κ3) is 4.20. The highest BCUT2D eigenvalue weighted by atomic mass is 19.4. The lowest BCUT2D eigenvalue weighted by Crippen LogP contribution is -2.48. The first kappa shape index (κ1) is 17.2. The van der Waals surface area contributed by atoms with Crippen molar-refractivity contribution in [2.24, 2.45) is 0 Å². The van der Waals surface area contributed by atoms with Gasteiger partial charge in [0.15, 0.2) is 6.23 Å². The maximum Gasteiger partial charge on any atom is 0.490 e. The third-order valence-corrected chi connectivity index (χ3v) is 3.13. The number of ether oxygens (including phenoxy) is 2. The van der Waals surface area contributed by atoms with E-state index in [1.807, 2.05) is 0 Å². The maximum absolute atomic E-state index is 12.1. The third-order valence-electron chi connectivity index (χ3n) is 3.13. The molecule has 11 heteroatoms. The zero-order valence-electron chi connectivity index (χ0n) is 12.0. The lowest BCUT2D eigenvalue weighted by atomic mass is 10.3. The van der Waals surface area contributed by atoms with Crippen LogP contribution in [0.4, 0.5) is 13.2 Å².